The third-order valence-corrected chi connectivity index (χ3v) is 3.53. The highest BCUT2D eigenvalue weighted by Gasteiger charge is 2.11. The average molecular weight is 335 g/mol. The van der Waals surface area contributed by atoms with Gasteiger partial charge in [-0.05, 0) is 29.8 Å². The molecule has 0 spiro atoms. The zero-order chi connectivity index (χ0) is 16.8. The van der Waals surface area contributed by atoms with E-state index >= 15 is 0 Å². The summed E-state index contributed by atoms with van der Waals surface area (Å²) in [6.07, 6.45) is 0. The van der Waals surface area contributed by atoms with Crippen molar-refractivity contribution < 1.29 is 14.3 Å². The van der Waals surface area contributed by atoms with Crippen LogP contribution in [0.1, 0.15) is 5.56 Å². The Morgan fingerprint density at radius 2 is 1.87 bits per heavy atom. The number of nitrogens with zero attached hydrogens (tertiary/aromatic N) is 1. The number of nitrogens with one attached hydrogen (secondary N) is 1. The van der Waals surface area contributed by atoms with E-state index in [1.807, 2.05) is 18.2 Å². The van der Waals surface area contributed by atoms with Gasteiger partial charge in [0.15, 0.2) is 11.5 Å². The van der Waals surface area contributed by atoms with Crippen LogP contribution in [0.25, 0.3) is 0 Å². The van der Waals surface area contributed by atoms with Gasteiger partial charge in [-0.15, -0.1) is 0 Å². The Morgan fingerprint density at radius 3 is 2.52 bits per heavy atom. The van der Waals surface area contributed by atoms with Gasteiger partial charge in [0.1, 0.15) is 0 Å². The monoisotopic (exact) mass is 334 g/mol. The van der Waals surface area contributed by atoms with Gasteiger partial charge in [0.2, 0.25) is 0 Å². The molecule has 0 heterocycles. The molecule has 6 heteroatoms. The predicted octanol–water partition coefficient (Wildman–Crippen LogP) is 4.02. The van der Waals surface area contributed by atoms with E-state index in [-0.39, 0.29) is 6.03 Å². The third-order valence-electron chi connectivity index (χ3n) is 3.29. The number of anilines is 1. The summed E-state index contributed by atoms with van der Waals surface area (Å²) in [5, 5.41) is 3.47. The molecular weight excluding hydrogens is 316 g/mol. The first kappa shape index (κ1) is 17.0. The third kappa shape index (κ3) is 4.53. The first-order valence-electron chi connectivity index (χ1n) is 7.02. The molecule has 0 saturated carbocycles. The van der Waals surface area contributed by atoms with Gasteiger partial charge in [0.25, 0.3) is 0 Å². The minimum absolute atomic E-state index is 0.225. The van der Waals surface area contributed by atoms with Crippen molar-refractivity contribution >= 4 is 23.3 Å². The number of benzene rings is 2. The summed E-state index contributed by atoms with van der Waals surface area (Å²) < 4.78 is 10.4. The van der Waals surface area contributed by atoms with Gasteiger partial charge in [-0.25, -0.2) is 4.79 Å². The molecular formula is C17H19ClN2O3. The lowest BCUT2D eigenvalue weighted by atomic mass is 10.2. The minimum Gasteiger partial charge on any atom is -0.493 e. The number of halogens is 1. The molecule has 23 heavy (non-hydrogen) atoms. The van der Waals surface area contributed by atoms with Crippen LogP contribution in [0.5, 0.6) is 11.5 Å². The lowest BCUT2D eigenvalue weighted by Crippen LogP contribution is -2.30. The number of carbonyl (C=O) groups excluding carboxylic acids is 1. The molecule has 5 nitrogen and oxygen atoms in total. The summed E-state index contributed by atoms with van der Waals surface area (Å²) in [6.45, 7) is 0.458. The van der Waals surface area contributed by atoms with Crippen molar-refractivity contribution in [3.63, 3.8) is 0 Å². The van der Waals surface area contributed by atoms with Crippen LogP contribution in [0.15, 0.2) is 42.5 Å². The molecule has 0 aliphatic heterocycles. The van der Waals surface area contributed by atoms with Gasteiger partial charge in [-0.2, -0.15) is 0 Å². The minimum atomic E-state index is -0.225. The fourth-order valence-corrected chi connectivity index (χ4v) is 2.33. The molecule has 1 N–H and O–H groups in total. The maximum Gasteiger partial charge on any atom is 0.321 e. The Balaban J connectivity index is 2.03. The van der Waals surface area contributed by atoms with Gasteiger partial charge in [-0.1, -0.05) is 23.7 Å². The Morgan fingerprint density at radius 1 is 1.13 bits per heavy atom. The first-order valence-corrected chi connectivity index (χ1v) is 7.40. The van der Waals surface area contributed by atoms with E-state index in [4.69, 9.17) is 21.1 Å². The summed E-state index contributed by atoms with van der Waals surface area (Å²) >= 11 is 5.95. The molecule has 0 unspecified atom stereocenters. The van der Waals surface area contributed by atoms with Crippen LogP contribution in [-0.2, 0) is 6.54 Å². The second kappa shape index (κ2) is 7.74. The van der Waals surface area contributed by atoms with Crippen LogP contribution in [0.4, 0.5) is 10.5 Å². The number of amides is 2. The van der Waals surface area contributed by atoms with Crippen LogP contribution >= 0.6 is 11.6 Å². The maximum absolute atomic E-state index is 12.3. The number of ether oxygens (including phenoxy) is 2. The zero-order valence-electron chi connectivity index (χ0n) is 13.3. The largest absolute Gasteiger partial charge is 0.493 e. The smallest absolute Gasteiger partial charge is 0.321 e. The first-order chi connectivity index (χ1) is 11.0. The van der Waals surface area contributed by atoms with Crippen LogP contribution in [0.2, 0.25) is 5.02 Å². The molecule has 2 aromatic rings. The van der Waals surface area contributed by atoms with Crippen molar-refractivity contribution in [2.75, 3.05) is 26.6 Å². The van der Waals surface area contributed by atoms with Crippen molar-refractivity contribution in [1.82, 2.24) is 4.90 Å². The van der Waals surface area contributed by atoms with Gasteiger partial charge in [-0.3, -0.25) is 0 Å². The number of hydrogen-bond acceptors (Lipinski definition) is 3. The predicted molar refractivity (Wildman–Crippen MR) is 91.5 cm³/mol. The second-order valence-electron chi connectivity index (χ2n) is 4.99. The standard InChI is InChI=1S/C17H19ClN2O3/c1-20(11-12-5-4-6-13(18)9-12)17(21)19-14-7-8-15(22-2)16(10-14)23-3/h4-10H,11H2,1-3H3,(H,19,21). The molecule has 2 rings (SSSR count). The highest BCUT2D eigenvalue weighted by Crippen LogP contribution is 2.29. The normalized spacial score (nSPS) is 10.1. The molecule has 0 aromatic heterocycles. The van der Waals surface area contributed by atoms with Crippen molar-refractivity contribution in [3.05, 3.63) is 53.1 Å². The zero-order valence-corrected chi connectivity index (χ0v) is 14.1. The van der Waals surface area contributed by atoms with Gasteiger partial charge in [0, 0.05) is 30.4 Å². The lowest BCUT2D eigenvalue weighted by Gasteiger charge is -2.19. The summed E-state index contributed by atoms with van der Waals surface area (Å²) in [7, 11) is 4.83. The highest BCUT2D eigenvalue weighted by molar-refractivity contribution is 6.30. The van der Waals surface area contributed by atoms with Gasteiger partial charge >= 0.3 is 6.03 Å². The summed E-state index contributed by atoms with van der Waals surface area (Å²) in [4.78, 5) is 13.8. The van der Waals surface area contributed by atoms with Gasteiger partial charge < -0.3 is 19.7 Å². The number of rotatable bonds is 5. The second-order valence-corrected chi connectivity index (χ2v) is 5.42. The number of methoxy groups -OCH3 is 2. The van der Waals surface area contributed by atoms with Crippen LogP contribution in [0.3, 0.4) is 0 Å². The van der Waals surface area contributed by atoms with Crippen molar-refractivity contribution in [2.45, 2.75) is 6.54 Å². The SMILES string of the molecule is COc1ccc(NC(=O)N(C)Cc2cccc(Cl)c2)cc1OC. The Bertz CT molecular complexity index is 691. The molecule has 0 saturated heterocycles. The molecule has 122 valence electrons. The van der Waals surface area contributed by atoms with Crippen LogP contribution < -0.4 is 14.8 Å². The topological polar surface area (TPSA) is 50.8 Å². The van der Waals surface area contributed by atoms with E-state index in [0.717, 1.165) is 5.56 Å². The van der Waals surface area contributed by atoms with Crippen molar-refractivity contribution in [3.8, 4) is 11.5 Å². The van der Waals surface area contributed by atoms with E-state index in [1.54, 1.807) is 50.4 Å². The number of carbonyl (C=O) groups is 1. The molecule has 0 radical (unpaired) electrons. The van der Waals surface area contributed by atoms with Crippen LogP contribution in [0, 0.1) is 0 Å². The van der Waals surface area contributed by atoms with E-state index in [1.165, 1.54) is 0 Å². The Kier molecular flexibility index (Phi) is 5.71. The van der Waals surface area contributed by atoms with E-state index in [0.29, 0.717) is 28.8 Å². The van der Waals surface area contributed by atoms with Crippen molar-refractivity contribution in [1.29, 1.82) is 0 Å². The van der Waals surface area contributed by atoms with E-state index < -0.39 is 0 Å². The van der Waals surface area contributed by atoms with E-state index in [2.05, 4.69) is 5.32 Å². The fraction of sp³-hybridized carbons (Fsp3) is 0.235. The molecule has 0 bridgehead atoms. The maximum atomic E-state index is 12.3. The van der Waals surface area contributed by atoms with E-state index in [9.17, 15) is 4.79 Å². The highest BCUT2D eigenvalue weighted by atomic mass is 35.5. The average Bonchev–Trinajstić information content (AvgIpc) is 2.54. The number of hydrogen-bond donors (Lipinski definition) is 1. The summed E-state index contributed by atoms with van der Waals surface area (Å²) in [5.41, 5.74) is 1.59. The molecule has 0 aliphatic carbocycles. The van der Waals surface area contributed by atoms with Gasteiger partial charge in [0.05, 0.1) is 14.2 Å². The number of urea groups is 1. The summed E-state index contributed by atoms with van der Waals surface area (Å²) in [5.74, 6) is 1.17. The molecule has 0 aliphatic rings. The molecule has 0 fully saturated rings. The molecule has 2 amide bonds. The Labute approximate surface area is 140 Å². The van der Waals surface area contributed by atoms with Crippen LogP contribution in [-0.4, -0.2) is 32.2 Å². The molecule has 0 atom stereocenters. The summed E-state index contributed by atoms with van der Waals surface area (Å²) in [6, 6.07) is 12.4. The fourth-order valence-electron chi connectivity index (χ4n) is 2.11. The molecule has 2 aromatic carbocycles. The quantitative estimate of drug-likeness (QED) is 0.898. The Hall–Kier alpha value is -2.40. The lowest BCUT2D eigenvalue weighted by molar-refractivity contribution is 0.220. The van der Waals surface area contributed by atoms with Crippen molar-refractivity contribution in [2.24, 2.45) is 0 Å².